The normalized spacial score (nSPS) is 11.9. The maximum atomic E-state index is 6.17. The Morgan fingerprint density at radius 1 is 0.576 bits per heavy atom. The van der Waals surface area contributed by atoms with E-state index in [1.54, 1.807) is 24.8 Å². The highest BCUT2D eigenvalue weighted by atomic mass is 35.5. The zero-order valence-corrected chi connectivity index (χ0v) is 36.1. The lowest BCUT2D eigenvalue weighted by atomic mass is 10.2. The molecule has 0 amide bonds. The SMILES string of the molecule is CCOC(OCC)OCC.CCOC1N(c2cccc(C)c2)c2nccnc2N1c1cccc(C)c1.Cc1cccc(Nc2nccnc2[NH2+]c2cccc(C)c2)c1.[Cl-]. The third kappa shape index (κ3) is 13.3. The van der Waals surface area contributed by atoms with E-state index in [-0.39, 0.29) is 18.8 Å². The van der Waals surface area contributed by atoms with Crippen molar-refractivity contribution in [2.24, 2.45) is 0 Å². The molecule has 0 atom stereocenters. The number of nitrogens with two attached hydrogens (primary N) is 1. The first kappa shape index (κ1) is 46.2. The monoisotopic (exact) mass is 820 g/mol. The second-order valence-electron chi connectivity index (χ2n) is 13.4. The van der Waals surface area contributed by atoms with E-state index >= 15 is 0 Å². The summed E-state index contributed by atoms with van der Waals surface area (Å²) in [7, 11) is 0. The molecular formula is C46H57ClN8O4. The van der Waals surface area contributed by atoms with Gasteiger partial charge in [0.25, 0.3) is 12.3 Å². The van der Waals surface area contributed by atoms with Gasteiger partial charge in [0.15, 0.2) is 11.6 Å². The van der Waals surface area contributed by atoms with Gasteiger partial charge < -0.3 is 36.7 Å². The Bertz CT molecular complexity index is 2020. The predicted octanol–water partition coefficient (Wildman–Crippen LogP) is 6.45. The molecule has 7 rings (SSSR count). The molecule has 1 aliphatic rings. The molecule has 0 aliphatic carbocycles. The number of benzene rings is 4. The minimum Gasteiger partial charge on any atom is -1.00 e. The number of aryl methyl sites for hydroxylation is 4. The molecule has 0 spiro atoms. The summed E-state index contributed by atoms with van der Waals surface area (Å²) in [6.45, 7) is 18.0. The Morgan fingerprint density at radius 3 is 1.54 bits per heavy atom. The summed E-state index contributed by atoms with van der Waals surface area (Å²) >= 11 is 0. The van der Waals surface area contributed by atoms with Gasteiger partial charge in [0.05, 0.1) is 6.20 Å². The van der Waals surface area contributed by atoms with Crippen molar-refractivity contribution in [2.45, 2.75) is 68.2 Å². The predicted molar refractivity (Wildman–Crippen MR) is 232 cm³/mol. The smallest absolute Gasteiger partial charge is 0.273 e. The average Bonchev–Trinajstić information content (AvgIpc) is 3.53. The van der Waals surface area contributed by atoms with Crippen LogP contribution in [-0.4, -0.2) is 59.2 Å². The van der Waals surface area contributed by atoms with E-state index in [0.29, 0.717) is 26.4 Å². The molecule has 0 saturated carbocycles. The zero-order chi connectivity index (χ0) is 41.3. The summed E-state index contributed by atoms with van der Waals surface area (Å²) in [4.78, 5) is 22.3. The molecule has 0 bridgehead atoms. The molecule has 59 heavy (non-hydrogen) atoms. The topological polar surface area (TPSA) is 124 Å². The van der Waals surface area contributed by atoms with Crippen LogP contribution in [0.15, 0.2) is 122 Å². The van der Waals surface area contributed by atoms with Crippen LogP contribution in [-0.2, 0) is 18.9 Å². The number of aromatic nitrogens is 4. The van der Waals surface area contributed by atoms with Gasteiger partial charge in [-0.2, -0.15) is 4.98 Å². The van der Waals surface area contributed by atoms with Gasteiger partial charge in [0, 0.05) is 68.1 Å². The number of halogens is 1. The first-order chi connectivity index (χ1) is 28.2. The average molecular weight is 821 g/mol. The van der Waals surface area contributed by atoms with Gasteiger partial charge in [0.1, 0.15) is 5.69 Å². The molecule has 12 nitrogen and oxygen atoms in total. The molecule has 3 heterocycles. The lowest BCUT2D eigenvalue weighted by Crippen LogP contribution is -3.00. The lowest BCUT2D eigenvalue weighted by molar-refractivity contribution is -0.482. The zero-order valence-electron chi connectivity index (χ0n) is 35.3. The highest BCUT2D eigenvalue weighted by Crippen LogP contribution is 2.45. The molecule has 2 aromatic heterocycles. The highest BCUT2D eigenvalue weighted by Gasteiger charge is 2.40. The first-order valence-corrected chi connectivity index (χ1v) is 19.8. The van der Waals surface area contributed by atoms with Gasteiger partial charge in [-0.25, -0.2) is 15.0 Å². The van der Waals surface area contributed by atoms with E-state index in [1.807, 2.05) is 51.2 Å². The fraction of sp³-hybridized carbons (Fsp3) is 0.304. The van der Waals surface area contributed by atoms with Crippen LogP contribution < -0.4 is 32.8 Å². The number of hydrogen-bond acceptors (Lipinski definition) is 11. The Balaban J connectivity index is 0.000000212. The number of hydrogen-bond donors (Lipinski definition) is 2. The maximum absolute atomic E-state index is 6.17. The minimum absolute atomic E-state index is 0. The third-order valence-corrected chi connectivity index (χ3v) is 8.69. The van der Waals surface area contributed by atoms with E-state index in [1.165, 1.54) is 22.3 Å². The summed E-state index contributed by atoms with van der Waals surface area (Å²) in [5, 5.41) is 5.38. The van der Waals surface area contributed by atoms with Crippen LogP contribution in [0.5, 0.6) is 0 Å². The summed E-state index contributed by atoms with van der Waals surface area (Å²) in [5.74, 6) is 3.19. The quantitative estimate of drug-likeness (QED) is 0.0932. The van der Waals surface area contributed by atoms with Crippen LogP contribution in [0.2, 0.25) is 0 Å². The van der Waals surface area contributed by atoms with E-state index in [0.717, 1.165) is 46.0 Å². The Morgan fingerprint density at radius 2 is 1.05 bits per heavy atom. The van der Waals surface area contributed by atoms with Crippen LogP contribution in [0, 0.1) is 27.7 Å². The van der Waals surface area contributed by atoms with Crippen LogP contribution in [0.3, 0.4) is 0 Å². The summed E-state index contributed by atoms with van der Waals surface area (Å²) in [5.41, 5.74) is 9.03. The molecule has 6 aromatic rings. The molecular weight excluding hydrogens is 764 g/mol. The van der Waals surface area contributed by atoms with Crippen LogP contribution in [0.25, 0.3) is 0 Å². The first-order valence-electron chi connectivity index (χ1n) is 19.8. The van der Waals surface area contributed by atoms with Crippen LogP contribution >= 0.6 is 0 Å². The Labute approximate surface area is 355 Å². The molecule has 13 heteroatoms. The van der Waals surface area contributed by atoms with Gasteiger partial charge >= 0.3 is 0 Å². The van der Waals surface area contributed by atoms with E-state index < -0.39 is 6.48 Å². The lowest BCUT2D eigenvalue weighted by Gasteiger charge is -2.31. The van der Waals surface area contributed by atoms with Crippen molar-refractivity contribution in [1.29, 1.82) is 0 Å². The minimum atomic E-state index is -0.472. The van der Waals surface area contributed by atoms with Crippen LogP contribution in [0.1, 0.15) is 49.9 Å². The van der Waals surface area contributed by atoms with Gasteiger partial charge in [-0.05, 0) is 120 Å². The number of nitrogens with one attached hydrogen (secondary N) is 1. The van der Waals surface area contributed by atoms with Crippen molar-refractivity contribution in [3.8, 4) is 0 Å². The number of fused-ring (bicyclic) bond motifs is 1. The van der Waals surface area contributed by atoms with E-state index in [2.05, 4.69) is 142 Å². The number of anilines is 6. The van der Waals surface area contributed by atoms with Crippen LogP contribution in [0.4, 0.5) is 46.0 Å². The summed E-state index contributed by atoms with van der Waals surface area (Å²) in [6, 6.07) is 33.3. The van der Waals surface area contributed by atoms with Gasteiger partial charge in [-0.1, -0.05) is 48.5 Å². The van der Waals surface area contributed by atoms with Gasteiger partial charge in [-0.15, -0.1) is 0 Å². The molecule has 0 saturated heterocycles. The molecule has 3 N–H and O–H groups in total. The van der Waals surface area contributed by atoms with Gasteiger partial charge in [-0.3, -0.25) is 15.1 Å². The largest absolute Gasteiger partial charge is 1.00 e. The van der Waals surface area contributed by atoms with Crippen molar-refractivity contribution in [3.05, 3.63) is 144 Å². The molecule has 4 aromatic carbocycles. The standard InChI is InChI=1S/C21H22N4O.C18H18N4.C7H16O3.ClH/c1-4-26-21-24(17-9-5-7-15(2)13-17)19-20(23-12-11-22-19)25(21)18-10-6-8-16(3)14-18;1-13-5-3-7-15(11-13)21-17-18(20-10-9-19-17)22-16-8-4-6-14(2)12-16;1-4-8-7(9-5-2)10-6-3;/h5-14,21H,4H2,1-3H3;3-12H,1-2H3,(H,19,21)(H,20,22);7H,4-6H2,1-3H3;1H. The molecule has 0 fully saturated rings. The fourth-order valence-electron chi connectivity index (χ4n) is 6.22. The molecule has 312 valence electrons. The molecule has 1 aliphatic heterocycles. The number of quaternary nitrogens is 1. The fourth-order valence-corrected chi connectivity index (χ4v) is 6.22. The summed E-state index contributed by atoms with van der Waals surface area (Å²) in [6.07, 6.45) is 6.53. The van der Waals surface area contributed by atoms with Crippen molar-refractivity contribution in [3.63, 3.8) is 0 Å². The van der Waals surface area contributed by atoms with Crippen molar-refractivity contribution in [2.75, 3.05) is 41.5 Å². The highest BCUT2D eigenvalue weighted by molar-refractivity contribution is 5.82. The molecule has 0 unspecified atom stereocenters. The number of ether oxygens (including phenoxy) is 4. The van der Waals surface area contributed by atoms with Crippen molar-refractivity contribution in [1.82, 2.24) is 19.9 Å². The van der Waals surface area contributed by atoms with E-state index in [4.69, 9.17) is 18.9 Å². The Kier molecular flexibility index (Phi) is 18.7. The third-order valence-electron chi connectivity index (χ3n) is 8.69. The number of nitrogens with zero attached hydrogens (tertiary/aromatic N) is 6. The summed E-state index contributed by atoms with van der Waals surface area (Å²) < 4.78 is 21.4. The van der Waals surface area contributed by atoms with Gasteiger partial charge in [0.2, 0.25) is 12.2 Å². The maximum Gasteiger partial charge on any atom is 0.273 e. The van der Waals surface area contributed by atoms with Crippen molar-refractivity contribution < 1.29 is 36.7 Å². The molecule has 0 radical (unpaired) electrons. The second-order valence-corrected chi connectivity index (χ2v) is 13.4. The van der Waals surface area contributed by atoms with Crippen molar-refractivity contribution >= 4 is 46.0 Å². The second kappa shape index (κ2) is 23.8. The van der Waals surface area contributed by atoms with E-state index in [9.17, 15) is 0 Å². The number of rotatable bonds is 14. The Hall–Kier alpha value is -5.47.